The third kappa shape index (κ3) is 2.47. The molecule has 0 aliphatic heterocycles. The molecule has 1 rings (SSSR count). The lowest BCUT2D eigenvalue weighted by Crippen LogP contribution is -1.90. The topological polar surface area (TPSA) is 57.5 Å². The van der Waals surface area contributed by atoms with E-state index in [-0.39, 0.29) is 17.1 Å². The molecule has 1 aromatic rings. The fourth-order valence-corrected chi connectivity index (χ4v) is 1.67. The highest BCUT2D eigenvalue weighted by molar-refractivity contribution is 8.15. The lowest BCUT2D eigenvalue weighted by Gasteiger charge is -2.02. The highest BCUT2D eigenvalue weighted by Gasteiger charge is 2.15. The summed E-state index contributed by atoms with van der Waals surface area (Å²) in [7, 11) is 0. The summed E-state index contributed by atoms with van der Waals surface area (Å²) in [6, 6.07) is 3.67. The number of rotatable bonds is 2. The normalized spacial score (nSPS) is 10.4. The Morgan fingerprint density at radius 3 is 2.31 bits per heavy atom. The van der Waals surface area contributed by atoms with Gasteiger partial charge < -0.3 is 10.2 Å². The van der Waals surface area contributed by atoms with Crippen LogP contribution in [0.15, 0.2) is 18.2 Å². The van der Waals surface area contributed by atoms with Crippen molar-refractivity contribution in [3.05, 3.63) is 23.8 Å². The predicted octanol–water partition coefficient (Wildman–Crippen LogP) is 3.03. The van der Waals surface area contributed by atoms with Crippen molar-refractivity contribution >= 4 is 34.6 Å². The molecular formula is C7H5Cl2O3P. The van der Waals surface area contributed by atoms with Gasteiger partial charge >= 0.3 is 0 Å². The minimum atomic E-state index is -1.75. The molecule has 0 aliphatic rings. The maximum absolute atomic E-state index is 11.2. The van der Waals surface area contributed by atoms with Gasteiger partial charge in [-0.15, -0.1) is 0 Å². The molecule has 0 spiro atoms. The van der Waals surface area contributed by atoms with Crippen molar-refractivity contribution in [3.8, 4) is 11.5 Å². The third-order valence-corrected chi connectivity index (χ3v) is 2.86. The minimum absolute atomic E-state index is 0.186. The van der Waals surface area contributed by atoms with E-state index >= 15 is 0 Å². The number of carbonyl (C=O) groups excluding carboxylic acids is 1. The highest BCUT2D eigenvalue weighted by atomic mass is 35.9. The van der Waals surface area contributed by atoms with Crippen molar-refractivity contribution in [2.45, 2.75) is 0 Å². The summed E-state index contributed by atoms with van der Waals surface area (Å²) in [5, 5.41) is 18.0. The minimum Gasteiger partial charge on any atom is -0.504 e. The molecule has 0 amide bonds. The quantitative estimate of drug-likeness (QED) is 0.615. The Morgan fingerprint density at radius 1 is 1.23 bits per heavy atom. The van der Waals surface area contributed by atoms with Crippen LogP contribution >= 0.6 is 29.1 Å². The Morgan fingerprint density at radius 2 is 1.85 bits per heavy atom. The lowest BCUT2D eigenvalue weighted by molar-refractivity contribution is 0.108. The Hall–Kier alpha value is -0.500. The number of aromatic hydroxyl groups is 2. The fourth-order valence-electron chi connectivity index (χ4n) is 0.754. The summed E-state index contributed by atoms with van der Waals surface area (Å²) in [5.74, 6) is -0.652. The Labute approximate surface area is 85.2 Å². The second-order valence-electron chi connectivity index (χ2n) is 2.24. The van der Waals surface area contributed by atoms with E-state index in [0.717, 1.165) is 6.07 Å². The molecule has 1 aromatic carbocycles. The first-order chi connectivity index (χ1) is 6.02. The molecule has 13 heavy (non-hydrogen) atoms. The zero-order valence-electron chi connectivity index (χ0n) is 6.24. The van der Waals surface area contributed by atoms with Crippen LogP contribution in [0.25, 0.3) is 0 Å². The summed E-state index contributed by atoms with van der Waals surface area (Å²) >= 11 is 10.8. The van der Waals surface area contributed by atoms with Gasteiger partial charge in [-0.3, -0.25) is 4.79 Å². The molecule has 0 bridgehead atoms. The van der Waals surface area contributed by atoms with Crippen LogP contribution in [0.3, 0.4) is 0 Å². The maximum Gasteiger partial charge on any atom is 0.215 e. The first kappa shape index (κ1) is 10.6. The van der Waals surface area contributed by atoms with E-state index in [1.54, 1.807) is 0 Å². The number of halogens is 2. The summed E-state index contributed by atoms with van der Waals surface area (Å²) < 4.78 is 0. The van der Waals surface area contributed by atoms with Crippen molar-refractivity contribution in [2.24, 2.45) is 0 Å². The predicted molar refractivity (Wildman–Crippen MR) is 52.7 cm³/mol. The van der Waals surface area contributed by atoms with Gasteiger partial charge in [0.15, 0.2) is 18.1 Å². The Kier molecular flexibility index (Phi) is 3.37. The number of hydrogen-bond acceptors (Lipinski definition) is 3. The second-order valence-corrected chi connectivity index (χ2v) is 5.66. The van der Waals surface area contributed by atoms with Crippen molar-refractivity contribution in [2.75, 3.05) is 0 Å². The summed E-state index contributed by atoms with van der Waals surface area (Å²) in [6.07, 6.45) is 0. The lowest BCUT2D eigenvalue weighted by atomic mass is 10.2. The maximum atomic E-state index is 11.2. The summed E-state index contributed by atoms with van der Waals surface area (Å²) in [5.41, 5.74) is -0.264. The van der Waals surface area contributed by atoms with Gasteiger partial charge in [-0.2, -0.15) is 0 Å². The standard InChI is InChI=1S/C7H5Cl2O3P/c8-13(9)7(12)4-1-2-5(10)6(11)3-4/h1-3,10-11H. The molecule has 2 N–H and O–H groups in total. The van der Waals surface area contributed by atoms with E-state index in [1.807, 2.05) is 0 Å². The average Bonchev–Trinajstić information content (AvgIpc) is 2.08. The summed E-state index contributed by atoms with van der Waals surface area (Å²) in [4.78, 5) is 11.2. The molecule has 0 saturated heterocycles. The Balaban J connectivity index is 3.04. The van der Waals surface area contributed by atoms with Crippen LogP contribution in [-0.4, -0.2) is 15.7 Å². The van der Waals surface area contributed by atoms with Gasteiger partial charge in [-0.25, -0.2) is 0 Å². The molecule has 0 heterocycles. The highest BCUT2D eigenvalue weighted by Crippen LogP contribution is 2.50. The van der Waals surface area contributed by atoms with Gasteiger partial charge in [0, 0.05) is 5.56 Å². The number of hydrogen-bond donors (Lipinski definition) is 2. The molecule has 0 saturated carbocycles. The molecular weight excluding hydrogens is 234 g/mol. The van der Waals surface area contributed by atoms with E-state index in [1.165, 1.54) is 12.1 Å². The molecule has 0 atom stereocenters. The number of phenols is 2. The molecule has 70 valence electrons. The van der Waals surface area contributed by atoms with Gasteiger partial charge in [0.2, 0.25) is 5.52 Å². The first-order valence-corrected chi connectivity index (χ1v) is 6.35. The summed E-state index contributed by atoms with van der Waals surface area (Å²) in [6.45, 7) is -1.75. The van der Waals surface area contributed by atoms with Gasteiger partial charge in [-0.1, -0.05) is 22.5 Å². The van der Waals surface area contributed by atoms with Crippen molar-refractivity contribution in [3.63, 3.8) is 0 Å². The zero-order valence-corrected chi connectivity index (χ0v) is 8.64. The number of phenolic OH excluding ortho intramolecular Hbond substituents is 2. The third-order valence-electron chi connectivity index (χ3n) is 1.38. The molecule has 0 radical (unpaired) electrons. The zero-order chi connectivity index (χ0) is 10.0. The van der Waals surface area contributed by atoms with E-state index < -0.39 is 12.2 Å². The molecule has 0 aromatic heterocycles. The van der Waals surface area contributed by atoms with Crippen molar-refractivity contribution in [1.82, 2.24) is 0 Å². The molecule has 0 aliphatic carbocycles. The van der Waals surface area contributed by atoms with Crippen LogP contribution in [0, 0.1) is 0 Å². The van der Waals surface area contributed by atoms with Gasteiger partial charge in [0.05, 0.1) is 0 Å². The van der Waals surface area contributed by atoms with Crippen LogP contribution in [0.5, 0.6) is 11.5 Å². The number of benzene rings is 1. The van der Waals surface area contributed by atoms with Crippen LogP contribution < -0.4 is 0 Å². The largest absolute Gasteiger partial charge is 0.504 e. The number of carbonyl (C=O) groups is 1. The molecule has 6 heteroatoms. The Bertz CT molecular complexity index is 341. The van der Waals surface area contributed by atoms with Gasteiger partial charge in [0.25, 0.3) is 0 Å². The molecule has 3 nitrogen and oxygen atoms in total. The van der Waals surface area contributed by atoms with E-state index in [2.05, 4.69) is 0 Å². The van der Waals surface area contributed by atoms with Crippen LogP contribution in [-0.2, 0) is 0 Å². The van der Waals surface area contributed by atoms with Crippen LogP contribution in [0.2, 0.25) is 0 Å². The van der Waals surface area contributed by atoms with Crippen LogP contribution in [0.1, 0.15) is 10.4 Å². The van der Waals surface area contributed by atoms with Crippen molar-refractivity contribution in [1.29, 1.82) is 0 Å². The smallest absolute Gasteiger partial charge is 0.215 e. The van der Waals surface area contributed by atoms with Gasteiger partial charge in [0.1, 0.15) is 0 Å². The average molecular weight is 239 g/mol. The van der Waals surface area contributed by atoms with Gasteiger partial charge in [-0.05, 0) is 18.2 Å². The van der Waals surface area contributed by atoms with Crippen LogP contribution in [0.4, 0.5) is 0 Å². The van der Waals surface area contributed by atoms with E-state index in [9.17, 15) is 4.79 Å². The van der Waals surface area contributed by atoms with E-state index in [0.29, 0.717) is 0 Å². The molecule has 0 unspecified atom stereocenters. The molecule has 0 fully saturated rings. The SMILES string of the molecule is O=C(c1ccc(O)c(O)c1)P(Cl)Cl. The first-order valence-electron chi connectivity index (χ1n) is 3.20. The van der Waals surface area contributed by atoms with Crippen molar-refractivity contribution < 1.29 is 15.0 Å². The fraction of sp³-hybridized carbons (Fsp3) is 0. The second kappa shape index (κ2) is 4.14. The van der Waals surface area contributed by atoms with E-state index in [4.69, 9.17) is 32.7 Å². The monoisotopic (exact) mass is 238 g/mol.